The highest BCUT2D eigenvalue weighted by Crippen LogP contribution is 2.15. The first-order valence-electron chi connectivity index (χ1n) is 6.72. The molecule has 0 radical (unpaired) electrons. The number of rotatable bonds is 5. The van der Waals surface area contributed by atoms with E-state index in [9.17, 15) is 4.79 Å². The van der Waals surface area contributed by atoms with Crippen molar-refractivity contribution in [2.75, 3.05) is 5.73 Å². The van der Waals surface area contributed by atoms with Crippen molar-refractivity contribution in [3.8, 4) is 0 Å². The number of nitrogens with two attached hydrogens (primary N) is 1. The third-order valence-electron chi connectivity index (χ3n) is 3.15. The summed E-state index contributed by atoms with van der Waals surface area (Å²) in [4.78, 5) is 15.4. The molecular weight excluding hydrogens is 268 g/mol. The van der Waals surface area contributed by atoms with Crippen LogP contribution in [-0.4, -0.2) is 16.8 Å². The molecular formula is C16H20N2OS. The number of thiophene rings is 1. The number of hydrogen-bond acceptors (Lipinski definition) is 3. The van der Waals surface area contributed by atoms with Crippen LogP contribution in [-0.2, 0) is 17.8 Å². The van der Waals surface area contributed by atoms with E-state index in [-0.39, 0.29) is 11.9 Å². The highest BCUT2D eigenvalue weighted by molar-refractivity contribution is 7.10. The Bertz CT molecular complexity index is 564. The van der Waals surface area contributed by atoms with Crippen LogP contribution >= 0.6 is 11.3 Å². The fourth-order valence-corrected chi connectivity index (χ4v) is 2.81. The van der Waals surface area contributed by atoms with Crippen molar-refractivity contribution in [2.24, 2.45) is 0 Å². The molecule has 2 rings (SSSR count). The van der Waals surface area contributed by atoms with E-state index < -0.39 is 0 Å². The second kappa shape index (κ2) is 6.57. The molecule has 0 bridgehead atoms. The number of hydrogen-bond donors (Lipinski definition) is 1. The molecule has 0 aliphatic rings. The average molecular weight is 288 g/mol. The lowest BCUT2D eigenvalue weighted by atomic mass is 10.1. The summed E-state index contributed by atoms with van der Waals surface area (Å²) >= 11 is 1.62. The van der Waals surface area contributed by atoms with Crippen LogP contribution in [0.1, 0.15) is 24.3 Å². The van der Waals surface area contributed by atoms with E-state index in [2.05, 4.69) is 0 Å². The quantitative estimate of drug-likeness (QED) is 0.858. The highest BCUT2D eigenvalue weighted by atomic mass is 32.1. The van der Waals surface area contributed by atoms with Crippen LogP contribution in [0.3, 0.4) is 0 Å². The van der Waals surface area contributed by atoms with Gasteiger partial charge in [0.15, 0.2) is 0 Å². The topological polar surface area (TPSA) is 46.3 Å². The van der Waals surface area contributed by atoms with Crippen molar-refractivity contribution in [3.05, 3.63) is 52.2 Å². The summed E-state index contributed by atoms with van der Waals surface area (Å²) in [6.07, 6.45) is 0.470. The van der Waals surface area contributed by atoms with Crippen LogP contribution in [0.25, 0.3) is 0 Å². The molecule has 3 nitrogen and oxygen atoms in total. The van der Waals surface area contributed by atoms with Crippen molar-refractivity contribution in [3.63, 3.8) is 0 Å². The lowest BCUT2D eigenvalue weighted by Gasteiger charge is -2.27. The molecule has 0 spiro atoms. The molecule has 4 heteroatoms. The molecule has 0 saturated carbocycles. The number of nitrogens with zero attached hydrogens (tertiary/aromatic N) is 1. The van der Waals surface area contributed by atoms with Gasteiger partial charge in [0.1, 0.15) is 0 Å². The SMILES string of the molecule is CC(C)N(Cc1cccc(N)c1)C(=O)Cc1cccs1. The van der Waals surface area contributed by atoms with Crippen LogP contribution < -0.4 is 5.73 Å². The number of carbonyl (C=O) groups is 1. The van der Waals surface area contributed by atoms with Gasteiger partial charge in [-0.2, -0.15) is 0 Å². The monoisotopic (exact) mass is 288 g/mol. The second-order valence-corrected chi connectivity index (χ2v) is 6.15. The summed E-state index contributed by atoms with van der Waals surface area (Å²) in [6, 6.07) is 11.9. The van der Waals surface area contributed by atoms with E-state index in [0.717, 1.165) is 16.1 Å². The van der Waals surface area contributed by atoms with Gasteiger partial charge >= 0.3 is 0 Å². The van der Waals surface area contributed by atoms with E-state index in [1.54, 1.807) is 11.3 Å². The minimum Gasteiger partial charge on any atom is -0.399 e. The Morgan fingerprint density at radius 2 is 2.10 bits per heavy atom. The second-order valence-electron chi connectivity index (χ2n) is 5.12. The molecule has 0 aliphatic heterocycles. The normalized spacial score (nSPS) is 10.8. The van der Waals surface area contributed by atoms with Crippen molar-refractivity contribution >= 4 is 22.9 Å². The zero-order chi connectivity index (χ0) is 14.5. The highest BCUT2D eigenvalue weighted by Gasteiger charge is 2.18. The van der Waals surface area contributed by atoms with E-state index in [1.807, 2.05) is 60.5 Å². The third-order valence-corrected chi connectivity index (χ3v) is 4.03. The van der Waals surface area contributed by atoms with Crippen LogP contribution in [0.2, 0.25) is 0 Å². The number of benzene rings is 1. The first-order valence-corrected chi connectivity index (χ1v) is 7.60. The van der Waals surface area contributed by atoms with E-state index in [1.165, 1.54) is 0 Å². The van der Waals surface area contributed by atoms with Crippen LogP contribution in [0.15, 0.2) is 41.8 Å². The minimum absolute atomic E-state index is 0.157. The van der Waals surface area contributed by atoms with Crippen molar-refractivity contribution in [2.45, 2.75) is 32.9 Å². The first kappa shape index (κ1) is 14.6. The van der Waals surface area contributed by atoms with Gasteiger partial charge in [0.05, 0.1) is 6.42 Å². The van der Waals surface area contributed by atoms with Crippen LogP contribution in [0, 0.1) is 0 Å². The lowest BCUT2D eigenvalue weighted by Crippen LogP contribution is -2.37. The summed E-state index contributed by atoms with van der Waals surface area (Å²) in [5, 5.41) is 2.00. The Morgan fingerprint density at radius 1 is 1.30 bits per heavy atom. The molecule has 1 aromatic heterocycles. The summed E-state index contributed by atoms with van der Waals surface area (Å²) in [6.45, 7) is 4.68. The summed E-state index contributed by atoms with van der Waals surface area (Å²) < 4.78 is 0. The summed E-state index contributed by atoms with van der Waals surface area (Å²) in [7, 11) is 0. The van der Waals surface area contributed by atoms with Gasteiger partial charge in [0, 0.05) is 23.2 Å². The Hall–Kier alpha value is -1.81. The zero-order valence-corrected chi connectivity index (χ0v) is 12.7. The van der Waals surface area contributed by atoms with Crippen LogP contribution in [0.5, 0.6) is 0 Å². The molecule has 0 fully saturated rings. The number of nitrogen functional groups attached to an aromatic ring is 1. The maximum Gasteiger partial charge on any atom is 0.228 e. The molecule has 0 saturated heterocycles. The Labute approximate surface area is 124 Å². The Balaban J connectivity index is 2.08. The minimum atomic E-state index is 0.157. The van der Waals surface area contributed by atoms with Crippen molar-refractivity contribution < 1.29 is 4.79 Å². The van der Waals surface area contributed by atoms with Crippen molar-refractivity contribution in [1.82, 2.24) is 4.90 Å². The molecule has 2 N–H and O–H groups in total. The standard InChI is InChI=1S/C16H20N2OS/c1-12(2)18(11-13-5-3-6-14(17)9-13)16(19)10-15-7-4-8-20-15/h3-9,12H,10-11,17H2,1-2H3. The molecule has 20 heavy (non-hydrogen) atoms. The summed E-state index contributed by atoms with van der Waals surface area (Å²) in [5.74, 6) is 0.157. The molecule has 1 heterocycles. The van der Waals surface area contributed by atoms with E-state index in [4.69, 9.17) is 5.73 Å². The van der Waals surface area contributed by atoms with Gasteiger partial charge < -0.3 is 10.6 Å². The van der Waals surface area contributed by atoms with Gasteiger partial charge in [0.25, 0.3) is 0 Å². The fraction of sp³-hybridized carbons (Fsp3) is 0.312. The lowest BCUT2D eigenvalue weighted by molar-refractivity contribution is -0.132. The zero-order valence-electron chi connectivity index (χ0n) is 11.9. The predicted octanol–water partition coefficient (Wildman–Crippen LogP) is 3.31. The molecule has 0 atom stereocenters. The van der Waals surface area contributed by atoms with Gasteiger partial charge in [-0.05, 0) is 43.0 Å². The molecule has 2 aromatic rings. The van der Waals surface area contributed by atoms with Gasteiger partial charge in [-0.15, -0.1) is 11.3 Å². The molecule has 0 aliphatic carbocycles. The molecule has 106 valence electrons. The van der Waals surface area contributed by atoms with E-state index >= 15 is 0 Å². The van der Waals surface area contributed by atoms with Gasteiger partial charge in [0.2, 0.25) is 5.91 Å². The number of anilines is 1. The van der Waals surface area contributed by atoms with E-state index in [0.29, 0.717) is 13.0 Å². The van der Waals surface area contributed by atoms with Gasteiger partial charge in [-0.1, -0.05) is 18.2 Å². The van der Waals surface area contributed by atoms with Gasteiger partial charge in [-0.25, -0.2) is 0 Å². The predicted molar refractivity (Wildman–Crippen MR) is 84.6 cm³/mol. The average Bonchev–Trinajstić information content (AvgIpc) is 2.88. The fourth-order valence-electron chi connectivity index (χ4n) is 2.11. The number of carbonyl (C=O) groups excluding carboxylic acids is 1. The third kappa shape index (κ3) is 3.84. The Kier molecular flexibility index (Phi) is 4.79. The van der Waals surface area contributed by atoms with Crippen molar-refractivity contribution in [1.29, 1.82) is 0 Å². The molecule has 0 unspecified atom stereocenters. The van der Waals surface area contributed by atoms with Gasteiger partial charge in [-0.3, -0.25) is 4.79 Å². The molecule has 1 aromatic carbocycles. The summed E-state index contributed by atoms with van der Waals surface area (Å²) in [5.41, 5.74) is 7.60. The maximum atomic E-state index is 12.4. The smallest absolute Gasteiger partial charge is 0.228 e. The maximum absolute atomic E-state index is 12.4. The largest absolute Gasteiger partial charge is 0.399 e. The molecule has 1 amide bonds. The first-order chi connectivity index (χ1) is 9.56. The van der Waals surface area contributed by atoms with Crippen LogP contribution in [0.4, 0.5) is 5.69 Å². The number of amides is 1. The Morgan fingerprint density at radius 3 is 2.70 bits per heavy atom.